The first-order valence-electron chi connectivity index (χ1n) is 7.95. The molecular weight excluding hydrogens is 375 g/mol. The molecule has 0 saturated carbocycles. The first kappa shape index (κ1) is 21.1. The minimum absolute atomic E-state index is 0.0364. The van der Waals surface area contributed by atoms with Gasteiger partial charge in [-0.25, -0.2) is 0 Å². The molecule has 0 aromatic heterocycles. The van der Waals surface area contributed by atoms with Crippen molar-refractivity contribution < 1.29 is 19.1 Å². The van der Waals surface area contributed by atoms with Gasteiger partial charge in [0, 0.05) is 12.8 Å². The SMILES string of the molecule is CCCCCCOC(=O)CCCC(=O)Oc1c(Cl)ccc(Cl)c1Cl. The van der Waals surface area contributed by atoms with Crippen molar-refractivity contribution in [2.45, 2.75) is 51.9 Å². The molecule has 0 heterocycles. The van der Waals surface area contributed by atoms with Gasteiger partial charge in [0.25, 0.3) is 0 Å². The molecule has 4 nitrogen and oxygen atoms in total. The summed E-state index contributed by atoms with van der Waals surface area (Å²) in [4.78, 5) is 23.3. The van der Waals surface area contributed by atoms with E-state index in [0.29, 0.717) is 13.0 Å². The Balaban J connectivity index is 2.27. The summed E-state index contributed by atoms with van der Waals surface area (Å²) < 4.78 is 10.2. The second-order valence-corrected chi connectivity index (χ2v) is 6.47. The zero-order valence-electron chi connectivity index (χ0n) is 13.6. The van der Waals surface area contributed by atoms with Gasteiger partial charge < -0.3 is 9.47 Å². The molecule has 0 bridgehead atoms. The molecule has 0 aliphatic rings. The van der Waals surface area contributed by atoms with Crippen LogP contribution < -0.4 is 4.74 Å². The fourth-order valence-electron chi connectivity index (χ4n) is 1.93. The highest BCUT2D eigenvalue weighted by Crippen LogP contribution is 2.38. The Morgan fingerprint density at radius 2 is 1.58 bits per heavy atom. The Bertz CT molecular complexity index is 561. The summed E-state index contributed by atoms with van der Waals surface area (Å²) in [7, 11) is 0. The van der Waals surface area contributed by atoms with E-state index in [1.807, 2.05) is 0 Å². The van der Waals surface area contributed by atoms with Crippen molar-refractivity contribution in [2.24, 2.45) is 0 Å². The lowest BCUT2D eigenvalue weighted by Gasteiger charge is -2.09. The third-order valence-corrected chi connectivity index (χ3v) is 4.33. The van der Waals surface area contributed by atoms with Crippen molar-refractivity contribution in [1.82, 2.24) is 0 Å². The second kappa shape index (κ2) is 11.6. The van der Waals surface area contributed by atoms with Crippen LogP contribution in [0.3, 0.4) is 0 Å². The molecule has 7 heteroatoms. The predicted octanol–water partition coefficient (Wildman–Crippen LogP) is 5.85. The summed E-state index contributed by atoms with van der Waals surface area (Å²) in [5.41, 5.74) is 0. The van der Waals surface area contributed by atoms with Crippen LogP contribution in [-0.4, -0.2) is 18.5 Å². The lowest BCUT2D eigenvalue weighted by Crippen LogP contribution is -2.11. The van der Waals surface area contributed by atoms with Crippen LogP contribution in [0, 0.1) is 0 Å². The standard InChI is InChI=1S/C17H21Cl3O4/c1-2-3-4-5-11-23-14(21)7-6-8-15(22)24-17-13(19)10-9-12(18)16(17)20/h9-10H,2-8,11H2,1H3. The maximum atomic E-state index is 11.8. The average molecular weight is 396 g/mol. The Kier molecular flexibility index (Phi) is 10.2. The van der Waals surface area contributed by atoms with E-state index in [2.05, 4.69) is 6.92 Å². The maximum absolute atomic E-state index is 11.8. The lowest BCUT2D eigenvalue weighted by molar-refractivity contribution is -0.144. The number of unbranched alkanes of at least 4 members (excludes halogenated alkanes) is 3. The number of carbonyl (C=O) groups excluding carboxylic acids is 2. The summed E-state index contributed by atoms with van der Waals surface area (Å²) in [6.07, 6.45) is 4.76. The fraction of sp³-hybridized carbons (Fsp3) is 0.529. The molecule has 0 aliphatic heterocycles. The quantitative estimate of drug-likeness (QED) is 0.216. The Morgan fingerprint density at radius 3 is 2.29 bits per heavy atom. The Labute approximate surface area is 157 Å². The van der Waals surface area contributed by atoms with E-state index in [-0.39, 0.29) is 39.6 Å². The van der Waals surface area contributed by atoms with Gasteiger partial charge in [-0.2, -0.15) is 0 Å². The molecule has 1 rings (SSSR count). The number of halogens is 3. The predicted molar refractivity (Wildman–Crippen MR) is 96.1 cm³/mol. The van der Waals surface area contributed by atoms with E-state index >= 15 is 0 Å². The summed E-state index contributed by atoms with van der Waals surface area (Å²) in [6, 6.07) is 3.01. The molecule has 0 saturated heterocycles. The molecule has 1 aromatic carbocycles. The minimum atomic E-state index is -0.531. The van der Waals surface area contributed by atoms with Crippen LogP contribution in [0.2, 0.25) is 15.1 Å². The molecule has 24 heavy (non-hydrogen) atoms. The van der Waals surface area contributed by atoms with Crippen LogP contribution in [0.1, 0.15) is 51.9 Å². The molecule has 0 spiro atoms. The third-order valence-electron chi connectivity index (χ3n) is 3.24. The normalized spacial score (nSPS) is 10.5. The van der Waals surface area contributed by atoms with Gasteiger partial charge in [0.2, 0.25) is 0 Å². The van der Waals surface area contributed by atoms with Crippen LogP contribution in [-0.2, 0) is 14.3 Å². The first-order chi connectivity index (χ1) is 11.5. The van der Waals surface area contributed by atoms with E-state index in [4.69, 9.17) is 44.3 Å². The van der Waals surface area contributed by atoms with Crippen molar-refractivity contribution in [3.63, 3.8) is 0 Å². The van der Waals surface area contributed by atoms with Crippen molar-refractivity contribution in [2.75, 3.05) is 6.61 Å². The monoisotopic (exact) mass is 394 g/mol. The molecule has 0 unspecified atom stereocenters. The van der Waals surface area contributed by atoms with Gasteiger partial charge in [0.05, 0.1) is 16.7 Å². The summed E-state index contributed by atoms with van der Waals surface area (Å²) in [5, 5.41) is 0.531. The molecular formula is C17H21Cl3O4. The largest absolute Gasteiger partial charge is 0.466 e. The van der Waals surface area contributed by atoms with Crippen molar-refractivity contribution in [1.29, 1.82) is 0 Å². The minimum Gasteiger partial charge on any atom is -0.466 e. The van der Waals surface area contributed by atoms with Gasteiger partial charge in [-0.05, 0) is 25.0 Å². The smallest absolute Gasteiger partial charge is 0.311 e. The van der Waals surface area contributed by atoms with Gasteiger partial charge in [0.1, 0.15) is 5.02 Å². The van der Waals surface area contributed by atoms with Crippen molar-refractivity contribution in [3.8, 4) is 5.75 Å². The van der Waals surface area contributed by atoms with E-state index < -0.39 is 5.97 Å². The highest BCUT2D eigenvalue weighted by Gasteiger charge is 2.15. The summed E-state index contributed by atoms with van der Waals surface area (Å²) in [6.45, 7) is 2.55. The van der Waals surface area contributed by atoms with Gasteiger partial charge in [-0.15, -0.1) is 0 Å². The van der Waals surface area contributed by atoms with Gasteiger partial charge in [-0.3, -0.25) is 9.59 Å². The molecule has 0 amide bonds. The zero-order chi connectivity index (χ0) is 17.9. The second-order valence-electron chi connectivity index (χ2n) is 5.28. The summed E-state index contributed by atoms with van der Waals surface area (Å²) in [5.74, 6) is -0.802. The zero-order valence-corrected chi connectivity index (χ0v) is 15.8. The van der Waals surface area contributed by atoms with Crippen LogP contribution in [0.5, 0.6) is 5.75 Å². The maximum Gasteiger partial charge on any atom is 0.311 e. The molecule has 0 N–H and O–H groups in total. The number of hydrogen-bond acceptors (Lipinski definition) is 4. The number of benzene rings is 1. The highest BCUT2D eigenvalue weighted by molar-refractivity contribution is 6.44. The molecule has 1 aromatic rings. The number of carbonyl (C=O) groups is 2. The number of esters is 2. The molecule has 0 fully saturated rings. The van der Waals surface area contributed by atoms with E-state index in [1.165, 1.54) is 12.1 Å². The van der Waals surface area contributed by atoms with E-state index in [0.717, 1.165) is 25.7 Å². The van der Waals surface area contributed by atoms with Crippen LogP contribution in [0.15, 0.2) is 12.1 Å². The number of hydrogen-bond donors (Lipinski definition) is 0. The van der Waals surface area contributed by atoms with Crippen molar-refractivity contribution in [3.05, 3.63) is 27.2 Å². The van der Waals surface area contributed by atoms with Crippen LogP contribution in [0.25, 0.3) is 0 Å². The number of ether oxygens (including phenoxy) is 2. The Hall–Kier alpha value is -0.970. The molecule has 134 valence electrons. The average Bonchev–Trinajstić information content (AvgIpc) is 2.55. The van der Waals surface area contributed by atoms with Crippen LogP contribution >= 0.6 is 34.8 Å². The first-order valence-corrected chi connectivity index (χ1v) is 9.09. The topological polar surface area (TPSA) is 52.6 Å². The highest BCUT2D eigenvalue weighted by atomic mass is 35.5. The summed E-state index contributed by atoms with van der Waals surface area (Å²) >= 11 is 17.7. The van der Waals surface area contributed by atoms with Gasteiger partial charge in [-0.1, -0.05) is 61.0 Å². The molecule has 0 atom stereocenters. The fourth-order valence-corrected chi connectivity index (χ4v) is 2.53. The van der Waals surface area contributed by atoms with E-state index in [1.54, 1.807) is 0 Å². The molecule has 0 radical (unpaired) electrons. The van der Waals surface area contributed by atoms with Gasteiger partial charge >= 0.3 is 11.9 Å². The van der Waals surface area contributed by atoms with Gasteiger partial charge in [0.15, 0.2) is 5.75 Å². The molecule has 0 aliphatic carbocycles. The lowest BCUT2D eigenvalue weighted by atomic mass is 10.2. The Morgan fingerprint density at radius 1 is 0.917 bits per heavy atom. The van der Waals surface area contributed by atoms with E-state index in [9.17, 15) is 9.59 Å². The van der Waals surface area contributed by atoms with Crippen molar-refractivity contribution >= 4 is 46.7 Å². The van der Waals surface area contributed by atoms with Crippen LogP contribution in [0.4, 0.5) is 0 Å². The number of rotatable bonds is 10. The third kappa shape index (κ3) is 7.73.